The smallest absolute Gasteiger partial charge is 0.407 e. The molecule has 0 fully saturated rings. The molecule has 3 atom stereocenters. The highest BCUT2D eigenvalue weighted by Crippen LogP contribution is 2.44. The van der Waals surface area contributed by atoms with E-state index in [4.69, 9.17) is 9.47 Å². The molecule has 7 heteroatoms. The van der Waals surface area contributed by atoms with Crippen LogP contribution in [0.25, 0.3) is 11.1 Å². The van der Waals surface area contributed by atoms with Crippen molar-refractivity contribution >= 4 is 18.0 Å². The van der Waals surface area contributed by atoms with E-state index in [2.05, 4.69) is 34.9 Å². The molecule has 0 spiro atoms. The van der Waals surface area contributed by atoms with Crippen LogP contribution >= 0.6 is 0 Å². The third kappa shape index (κ3) is 6.21. The number of carbonyl (C=O) groups is 3. The van der Waals surface area contributed by atoms with Crippen LogP contribution in [-0.4, -0.2) is 43.8 Å². The van der Waals surface area contributed by atoms with Gasteiger partial charge in [0.25, 0.3) is 0 Å². The molecule has 2 amide bonds. The Morgan fingerprint density at radius 1 is 0.914 bits per heavy atom. The fourth-order valence-corrected chi connectivity index (χ4v) is 4.56. The van der Waals surface area contributed by atoms with Gasteiger partial charge in [-0.25, -0.2) is 9.59 Å². The third-order valence-corrected chi connectivity index (χ3v) is 6.62. The Morgan fingerprint density at radius 2 is 1.49 bits per heavy atom. The van der Waals surface area contributed by atoms with E-state index in [1.54, 1.807) is 0 Å². The van der Waals surface area contributed by atoms with Gasteiger partial charge in [-0.1, -0.05) is 82.6 Å². The molecule has 1 aliphatic rings. The highest BCUT2D eigenvalue weighted by molar-refractivity contribution is 5.90. The second kappa shape index (κ2) is 11.9. The van der Waals surface area contributed by atoms with Crippen molar-refractivity contribution in [3.63, 3.8) is 0 Å². The number of esters is 1. The van der Waals surface area contributed by atoms with Crippen molar-refractivity contribution in [3.8, 4) is 11.1 Å². The molecule has 1 aliphatic carbocycles. The topological polar surface area (TPSA) is 93.7 Å². The number of carbonyl (C=O) groups excluding carboxylic acids is 3. The summed E-state index contributed by atoms with van der Waals surface area (Å²) in [5.74, 6) is -0.983. The van der Waals surface area contributed by atoms with Gasteiger partial charge in [0.1, 0.15) is 18.7 Å². The lowest BCUT2D eigenvalue weighted by molar-refractivity contribution is -0.146. The summed E-state index contributed by atoms with van der Waals surface area (Å²) in [7, 11) is 1.29. The molecule has 35 heavy (non-hydrogen) atoms. The third-order valence-electron chi connectivity index (χ3n) is 6.62. The Morgan fingerprint density at radius 3 is 2.00 bits per heavy atom. The van der Waals surface area contributed by atoms with Crippen molar-refractivity contribution in [2.45, 2.75) is 58.5 Å². The fourth-order valence-electron chi connectivity index (χ4n) is 4.56. The summed E-state index contributed by atoms with van der Waals surface area (Å²) in [6, 6.07) is 14.6. The van der Waals surface area contributed by atoms with Gasteiger partial charge in [-0.2, -0.15) is 0 Å². The van der Waals surface area contributed by atoms with Gasteiger partial charge in [0.05, 0.1) is 7.11 Å². The van der Waals surface area contributed by atoms with Crippen LogP contribution < -0.4 is 10.6 Å². The predicted molar refractivity (Wildman–Crippen MR) is 135 cm³/mol. The second-order valence-electron chi connectivity index (χ2n) is 9.55. The molecule has 0 aliphatic heterocycles. The fraction of sp³-hybridized carbons (Fsp3) is 0.464. The number of fused-ring (bicyclic) bond motifs is 3. The van der Waals surface area contributed by atoms with Crippen LogP contribution in [0, 0.1) is 11.8 Å². The van der Waals surface area contributed by atoms with E-state index < -0.39 is 30.1 Å². The minimum Gasteiger partial charge on any atom is -0.467 e. The average molecular weight is 481 g/mol. The molecule has 3 rings (SSSR count). The Hall–Kier alpha value is -3.35. The van der Waals surface area contributed by atoms with Crippen LogP contribution in [-0.2, 0) is 19.1 Å². The normalized spacial score (nSPS) is 14.9. The van der Waals surface area contributed by atoms with Gasteiger partial charge in [0.2, 0.25) is 5.91 Å². The monoisotopic (exact) mass is 480 g/mol. The SMILES string of the molecule is CC[C@H](C)[C@H](NC(=O)OCC1c2ccccc2-c2ccccc21)C(=O)N[C@@H](CC(C)C)C(=O)OC. The van der Waals surface area contributed by atoms with E-state index in [0.717, 1.165) is 22.3 Å². The van der Waals surface area contributed by atoms with Crippen molar-refractivity contribution in [1.29, 1.82) is 0 Å². The summed E-state index contributed by atoms with van der Waals surface area (Å²) < 4.78 is 10.5. The van der Waals surface area contributed by atoms with Gasteiger partial charge < -0.3 is 20.1 Å². The zero-order valence-corrected chi connectivity index (χ0v) is 21.2. The van der Waals surface area contributed by atoms with Crippen LogP contribution in [0.1, 0.15) is 57.6 Å². The van der Waals surface area contributed by atoms with Crippen LogP contribution in [0.2, 0.25) is 0 Å². The number of alkyl carbamates (subject to hydrolysis) is 1. The molecule has 2 aromatic rings. The number of amides is 2. The molecule has 2 N–H and O–H groups in total. The van der Waals surface area contributed by atoms with Gasteiger partial charge in [-0.3, -0.25) is 4.79 Å². The highest BCUT2D eigenvalue weighted by atomic mass is 16.5. The summed E-state index contributed by atoms with van der Waals surface area (Å²) in [5.41, 5.74) is 4.53. The lowest BCUT2D eigenvalue weighted by atomic mass is 9.97. The van der Waals surface area contributed by atoms with Crippen LogP contribution in [0.3, 0.4) is 0 Å². The minimum absolute atomic E-state index is 0.0706. The van der Waals surface area contributed by atoms with E-state index in [9.17, 15) is 14.4 Å². The summed E-state index contributed by atoms with van der Waals surface area (Å²) >= 11 is 0. The maximum atomic E-state index is 13.1. The predicted octanol–water partition coefficient (Wildman–Crippen LogP) is 4.64. The van der Waals surface area contributed by atoms with Crippen LogP contribution in [0.5, 0.6) is 0 Å². The highest BCUT2D eigenvalue weighted by Gasteiger charge is 2.32. The van der Waals surface area contributed by atoms with Crippen molar-refractivity contribution < 1.29 is 23.9 Å². The van der Waals surface area contributed by atoms with Crippen molar-refractivity contribution in [2.75, 3.05) is 13.7 Å². The molecule has 0 heterocycles. The first-order chi connectivity index (χ1) is 16.8. The number of rotatable bonds is 10. The van der Waals surface area contributed by atoms with Gasteiger partial charge in [-0.15, -0.1) is 0 Å². The molecule has 7 nitrogen and oxygen atoms in total. The summed E-state index contributed by atoms with van der Waals surface area (Å²) in [4.78, 5) is 38.1. The molecule has 0 radical (unpaired) electrons. The van der Waals surface area contributed by atoms with Crippen molar-refractivity contribution in [1.82, 2.24) is 10.6 Å². The number of methoxy groups -OCH3 is 1. The van der Waals surface area contributed by atoms with E-state index in [1.165, 1.54) is 7.11 Å². The molecule has 0 saturated carbocycles. The van der Waals surface area contributed by atoms with E-state index >= 15 is 0 Å². The quantitative estimate of drug-likeness (QED) is 0.483. The van der Waals surface area contributed by atoms with Crippen molar-refractivity contribution in [2.24, 2.45) is 11.8 Å². The molecule has 2 aromatic carbocycles. The minimum atomic E-state index is -0.838. The van der Waals surface area contributed by atoms with Gasteiger partial charge >= 0.3 is 12.1 Å². The van der Waals surface area contributed by atoms with E-state index in [-0.39, 0.29) is 24.4 Å². The maximum absolute atomic E-state index is 13.1. The molecule has 0 bridgehead atoms. The lowest BCUT2D eigenvalue weighted by Gasteiger charge is -2.26. The van der Waals surface area contributed by atoms with Crippen LogP contribution in [0.15, 0.2) is 48.5 Å². The Bertz CT molecular complexity index is 1010. The lowest BCUT2D eigenvalue weighted by Crippen LogP contribution is -2.54. The van der Waals surface area contributed by atoms with Crippen LogP contribution in [0.4, 0.5) is 4.79 Å². The summed E-state index contributed by atoms with van der Waals surface area (Å²) in [5, 5.41) is 5.49. The standard InChI is InChI=1S/C28H36N2O5/c1-6-18(4)25(26(31)29-24(15-17(2)3)27(32)34-5)30-28(33)35-16-23-21-13-9-7-11-19(21)20-12-8-10-14-22(20)23/h7-14,17-18,23-25H,6,15-16H2,1-5H3,(H,29,31)(H,30,33)/t18-,24-,25-/m0/s1. The largest absolute Gasteiger partial charge is 0.467 e. The summed E-state index contributed by atoms with van der Waals surface area (Å²) in [6.07, 6.45) is 0.441. The first-order valence-electron chi connectivity index (χ1n) is 12.3. The zero-order valence-electron chi connectivity index (χ0n) is 21.2. The molecular formula is C28H36N2O5. The molecular weight excluding hydrogens is 444 g/mol. The zero-order chi connectivity index (χ0) is 25.5. The second-order valence-corrected chi connectivity index (χ2v) is 9.55. The van der Waals surface area contributed by atoms with Crippen molar-refractivity contribution in [3.05, 3.63) is 59.7 Å². The Labute approximate surface area is 207 Å². The number of benzene rings is 2. The number of ether oxygens (including phenoxy) is 2. The average Bonchev–Trinajstić information content (AvgIpc) is 3.18. The van der Waals surface area contributed by atoms with Gasteiger partial charge in [-0.05, 0) is 40.5 Å². The first kappa shape index (κ1) is 26.3. The van der Waals surface area contributed by atoms with Gasteiger partial charge in [0.15, 0.2) is 0 Å². The van der Waals surface area contributed by atoms with E-state index in [1.807, 2.05) is 52.0 Å². The maximum Gasteiger partial charge on any atom is 0.407 e. The van der Waals surface area contributed by atoms with E-state index in [0.29, 0.717) is 12.8 Å². The Kier molecular flexibility index (Phi) is 8.90. The first-order valence-corrected chi connectivity index (χ1v) is 12.3. The Balaban J connectivity index is 1.68. The summed E-state index contributed by atoms with van der Waals surface area (Å²) in [6.45, 7) is 7.90. The number of hydrogen-bond acceptors (Lipinski definition) is 5. The number of hydrogen-bond donors (Lipinski definition) is 2. The molecule has 0 saturated heterocycles. The molecule has 0 aromatic heterocycles. The number of nitrogens with one attached hydrogen (secondary N) is 2. The molecule has 0 unspecified atom stereocenters. The van der Waals surface area contributed by atoms with Gasteiger partial charge in [0, 0.05) is 5.92 Å². The molecule has 188 valence electrons.